The van der Waals surface area contributed by atoms with Crippen LogP contribution in [-0.2, 0) is 6.54 Å². The third kappa shape index (κ3) is 4.93. The number of Topliss-reactive ketones (excluding diaryl/α,β-unsaturated/α-hetero) is 1. The Labute approximate surface area is 210 Å². The van der Waals surface area contributed by atoms with E-state index in [0.717, 1.165) is 23.0 Å². The van der Waals surface area contributed by atoms with Crippen LogP contribution in [-0.4, -0.2) is 29.7 Å². The Morgan fingerprint density at radius 3 is 2.41 bits per heavy atom. The van der Waals surface area contributed by atoms with E-state index in [1.165, 1.54) is 30.1 Å². The molecule has 0 saturated heterocycles. The van der Waals surface area contributed by atoms with E-state index in [0.29, 0.717) is 17.8 Å². The maximum absolute atomic E-state index is 13.6. The van der Waals surface area contributed by atoms with Crippen molar-refractivity contribution in [3.63, 3.8) is 0 Å². The number of alkyl halides is 3. The van der Waals surface area contributed by atoms with E-state index in [4.69, 9.17) is 0 Å². The lowest BCUT2D eigenvalue weighted by Crippen LogP contribution is -2.28. The number of hydrogen-bond acceptors (Lipinski definition) is 4. The van der Waals surface area contributed by atoms with Gasteiger partial charge >= 0.3 is 6.36 Å². The van der Waals surface area contributed by atoms with Crippen LogP contribution in [0, 0.1) is 0 Å². The monoisotopic (exact) mass is 505 g/mol. The van der Waals surface area contributed by atoms with Gasteiger partial charge in [0.1, 0.15) is 11.8 Å². The second-order valence-corrected chi connectivity index (χ2v) is 8.61. The highest BCUT2D eigenvalue weighted by molar-refractivity contribution is 6.08. The van der Waals surface area contributed by atoms with Gasteiger partial charge in [0.05, 0.1) is 5.56 Å². The summed E-state index contributed by atoms with van der Waals surface area (Å²) in [7, 11) is 1.44. The highest BCUT2D eigenvalue weighted by atomic mass is 19.4. The number of fused-ring (bicyclic) bond motifs is 2. The minimum Gasteiger partial charge on any atom is -0.405 e. The standard InChI is InChI=1S/C28H22F3N3O3/c1-33(27(36)21-8-3-5-11-24(21)37-28(29,30)31)20-14-12-18(13-15-20)26(35)25-23-10-6-16-34(23)17-19-7-2-4-9-22(19)32-25/h2-16,25,32H,17H2,1H3. The maximum Gasteiger partial charge on any atom is 0.573 e. The predicted octanol–water partition coefficient (Wildman–Crippen LogP) is 6.06. The van der Waals surface area contributed by atoms with Gasteiger partial charge in [0.25, 0.3) is 5.91 Å². The number of halogens is 3. The third-order valence-corrected chi connectivity index (χ3v) is 6.27. The number of nitrogens with zero attached hydrogens (tertiary/aromatic N) is 2. The summed E-state index contributed by atoms with van der Waals surface area (Å²) in [6.45, 7) is 0.640. The van der Waals surface area contributed by atoms with Gasteiger partial charge in [-0.25, -0.2) is 0 Å². The summed E-state index contributed by atoms with van der Waals surface area (Å²) in [5.41, 5.74) is 3.39. The minimum absolute atomic E-state index is 0.152. The molecule has 5 rings (SSSR count). The molecule has 37 heavy (non-hydrogen) atoms. The van der Waals surface area contributed by atoms with Gasteiger partial charge in [0.15, 0.2) is 5.78 Å². The second kappa shape index (κ2) is 9.50. The van der Waals surface area contributed by atoms with Gasteiger partial charge in [-0.2, -0.15) is 0 Å². The Hall–Kier alpha value is -4.53. The first-order valence-electron chi connectivity index (χ1n) is 11.5. The molecule has 9 heteroatoms. The first-order valence-corrected chi connectivity index (χ1v) is 11.5. The molecule has 0 saturated carbocycles. The zero-order valence-corrected chi connectivity index (χ0v) is 19.7. The largest absolute Gasteiger partial charge is 0.573 e. The molecule has 3 aromatic carbocycles. The van der Waals surface area contributed by atoms with Crippen molar-refractivity contribution in [3.8, 4) is 5.75 Å². The number of nitrogens with one attached hydrogen (secondary N) is 1. The van der Waals surface area contributed by atoms with Gasteiger partial charge in [-0.3, -0.25) is 9.59 Å². The third-order valence-electron chi connectivity index (χ3n) is 6.27. The summed E-state index contributed by atoms with van der Waals surface area (Å²) in [5.74, 6) is -1.42. The van der Waals surface area contributed by atoms with Gasteiger partial charge in [0, 0.05) is 42.4 Å². The van der Waals surface area contributed by atoms with Gasteiger partial charge in [-0.05, 0) is 60.2 Å². The zero-order valence-electron chi connectivity index (χ0n) is 19.7. The number of amides is 1. The number of ether oxygens (including phenoxy) is 1. The molecule has 1 unspecified atom stereocenters. The number of carbonyl (C=O) groups is 2. The van der Waals surface area contributed by atoms with Crippen molar-refractivity contribution < 1.29 is 27.5 Å². The molecule has 4 aromatic rings. The fraction of sp³-hybridized carbons (Fsp3) is 0.143. The molecule has 1 atom stereocenters. The lowest BCUT2D eigenvalue weighted by Gasteiger charge is -2.21. The summed E-state index contributed by atoms with van der Waals surface area (Å²) >= 11 is 0. The smallest absolute Gasteiger partial charge is 0.405 e. The quantitative estimate of drug-likeness (QED) is 0.335. The Balaban J connectivity index is 1.38. The van der Waals surface area contributed by atoms with Gasteiger partial charge in [-0.15, -0.1) is 13.2 Å². The van der Waals surface area contributed by atoms with Crippen LogP contribution in [0.2, 0.25) is 0 Å². The molecule has 1 N–H and O–H groups in total. The molecular weight excluding hydrogens is 483 g/mol. The minimum atomic E-state index is -4.93. The number of aromatic nitrogens is 1. The lowest BCUT2D eigenvalue weighted by molar-refractivity contribution is -0.274. The van der Waals surface area contributed by atoms with E-state index >= 15 is 0 Å². The van der Waals surface area contributed by atoms with Crippen LogP contribution in [0.4, 0.5) is 24.5 Å². The molecule has 0 fully saturated rings. The molecule has 1 aliphatic heterocycles. The van der Waals surface area contributed by atoms with Crippen molar-refractivity contribution in [1.82, 2.24) is 4.57 Å². The van der Waals surface area contributed by atoms with Gasteiger partial charge < -0.3 is 19.5 Å². The highest BCUT2D eigenvalue weighted by Crippen LogP contribution is 2.32. The molecule has 0 radical (unpaired) electrons. The number of ketones is 1. The highest BCUT2D eigenvalue weighted by Gasteiger charge is 2.33. The van der Waals surface area contributed by atoms with Crippen LogP contribution in [0.3, 0.4) is 0 Å². The van der Waals surface area contributed by atoms with Crippen molar-refractivity contribution in [3.05, 3.63) is 114 Å². The van der Waals surface area contributed by atoms with Crippen LogP contribution in [0.25, 0.3) is 0 Å². The molecule has 0 spiro atoms. The number of hydrogen-bond donors (Lipinski definition) is 1. The average molecular weight is 505 g/mol. The normalized spacial score (nSPS) is 14.5. The summed E-state index contributed by atoms with van der Waals surface area (Å²) in [5, 5.41) is 3.36. The number of anilines is 2. The Bertz CT molecular complexity index is 1460. The zero-order chi connectivity index (χ0) is 26.2. The number of para-hydroxylation sites is 2. The van der Waals surface area contributed by atoms with Crippen LogP contribution in [0.5, 0.6) is 5.75 Å². The Morgan fingerprint density at radius 2 is 1.65 bits per heavy atom. The van der Waals surface area contributed by atoms with Crippen molar-refractivity contribution in [2.75, 3.05) is 17.3 Å². The molecule has 0 aliphatic carbocycles. The van der Waals surface area contributed by atoms with Crippen LogP contribution in [0.15, 0.2) is 91.1 Å². The van der Waals surface area contributed by atoms with Gasteiger partial charge in [0.2, 0.25) is 0 Å². The lowest BCUT2D eigenvalue weighted by atomic mass is 10.0. The first-order chi connectivity index (χ1) is 17.7. The van der Waals surface area contributed by atoms with Crippen LogP contribution < -0.4 is 15.0 Å². The maximum atomic E-state index is 13.6. The summed E-state index contributed by atoms with van der Waals surface area (Å²) < 4.78 is 44.4. The van der Waals surface area contributed by atoms with Crippen LogP contribution >= 0.6 is 0 Å². The molecule has 188 valence electrons. The number of rotatable bonds is 5. The van der Waals surface area contributed by atoms with E-state index in [-0.39, 0.29) is 11.3 Å². The van der Waals surface area contributed by atoms with Crippen molar-refractivity contribution >= 4 is 23.1 Å². The molecule has 1 aromatic heterocycles. The molecule has 2 heterocycles. The molecule has 1 amide bonds. The predicted molar refractivity (Wildman–Crippen MR) is 133 cm³/mol. The Kier molecular flexibility index (Phi) is 6.20. The SMILES string of the molecule is CN(C(=O)c1ccccc1OC(F)(F)F)c1ccc(C(=O)C2Nc3ccccc3Cn3cccc32)cc1. The fourth-order valence-corrected chi connectivity index (χ4v) is 4.42. The van der Waals surface area contributed by atoms with E-state index in [1.807, 2.05) is 47.2 Å². The first kappa shape index (κ1) is 24.2. The Morgan fingerprint density at radius 1 is 0.946 bits per heavy atom. The second-order valence-electron chi connectivity index (χ2n) is 8.61. The summed E-state index contributed by atoms with van der Waals surface area (Å²) in [4.78, 5) is 27.7. The van der Waals surface area contributed by atoms with Crippen molar-refractivity contribution in [2.24, 2.45) is 0 Å². The summed E-state index contributed by atoms with van der Waals surface area (Å²) in [6.07, 6.45) is -2.99. The number of benzene rings is 3. The van der Waals surface area contributed by atoms with E-state index < -0.39 is 24.1 Å². The molecule has 1 aliphatic rings. The van der Waals surface area contributed by atoms with Crippen molar-refractivity contribution in [1.29, 1.82) is 0 Å². The van der Waals surface area contributed by atoms with E-state index in [9.17, 15) is 22.8 Å². The average Bonchev–Trinajstić information content (AvgIpc) is 3.28. The molecule has 0 bridgehead atoms. The van der Waals surface area contributed by atoms with Crippen LogP contribution in [0.1, 0.15) is 38.0 Å². The van der Waals surface area contributed by atoms with E-state index in [1.54, 1.807) is 24.3 Å². The van der Waals surface area contributed by atoms with Gasteiger partial charge in [-0.1, -0.05) is 30.3 Å². The summed E-state index contributed by atoms with van der Waals surface area (Å²) in [6, 6.07) is 22.5. The number of carbonyl (C=O) groups excluding carboxylic acids is 2. The fourth-order valence-electron chi connectivity index (χ4n) is 4.42. The molecule has 6 nitrogen and oxygen atoms in total. The van der Waals surface area contributed by atoms with Crippen molar-refractivity contribution in [2.45, 2.75) is 18.9 Å². The topological polar surface area (TPSA) is 63.6 Å². The molecular formula is C28H22F3N3O3. The van der Waals surface area contributed by atoms with E-state index in [2.05, 4.69) is 10.1 Å².